The fourth-order valence-corrected chi connectivity index (χ4v) is 7.13. The van der Waals surface area contributed by atoms with Crippen molar-refractivity contribution in [1.29, 1.82) is 0 Å². The van der Waals surface area contributed by atoms with Crippen LogP contribution in [-0.2, 0) is 24.7 Å². The lowest BCUT2D eigenvalue weighted by atomic mass is 9.76. The number of alkyl halides is 2. The van der Waals surface area contributed by atoms with Gasteiger partial charge < -0.3 is 29.7 Å². The third-order valence-electron chi connectivity index (χ3n) is 10.1. The van der Waals surface area contributed by atoms with Crippen LogP contribution in [0.2, 0.25) is 5.02 Å². The first kappa shape index (κ1) is 35.0. The molecule has 2 N–H and O–H groups in total. The smallest absolute Gasteiger partial charge is 0.387 e. The van der Waals surface area contributed by atoms with Gasteiger partial charge in [0.25, 0.3) is 5.91 Å². The molecule has 2 saturated heterocycles. The molecular weight excluding hydrogens is 636 g/mol. The Morgan fingerprint density at radius 3 is 2.28 bits per heavy atom. The minimum Gasteiger partial charge on any atom is -0.481 e. The standard InChI is InChI=1S/C33H44ClF2N5O6/c1-4-46-21-32(8-9-32)28(43)40-17-10-31(11-18-40,29(44)45)20-39-15-12-33(13-16-39,41-25(22(2)3)7-14-37-41)27(42)38-24-6-5-23(34)19-26(24)47-30(35)36/h5-7,14,19,22,30H,4,8-13,15-18,20-21H2,1-3H3,(H,38,42)(H,44,45). The number of carboxylic acids is 1. The van der Waals surface area contributed by atoms with Crippen molar-refractivity contribution in [2.75, 3.05) is 51.3 Å². The highest BCUT2D eigenvalue weighted by molar-refractivity contribution is 6.30. The van der Waals surface area contributed by atoms with Crippen LogP contribution in [-0.4, -0.2) is 95.0 Å². The van der Waals surface area contributed by atoms with E-state index >= 15 is 0 Å². The SMILES string of the molecule is CCOCC1(C(=O)N2CCC(CN3CCC(C(=O)Nc4ccc(Cl)cc4OC(F)F)(n4nccc4C(C)C)CC3)(C(=O)O)CC2)CC1. The molecule has 5 rings (SSSR count). The Hall–Kier alpha value is -3.29. The molecular formula is C33H44ClF2N5O6. The second-order valence-corrected chi connectivity index (χ2v) is 13.8. The number of nitrogens with zero attached hydrogens (tertiary/aromatic N) is 4. The van der Waals surface area contributed by atoms with Crippen LogP contribution in [0, 0.1) is 10.8 Å². The van der Waals surface area contributed by atoms with E-state index in [2.05, 4.69) is 20.1 Å². The van der Waals surface area contributed by atoms with Crippen LogP contribution in [0.3, 0.4) is 0 Å². The fraction of sp³-hybridized carbons (Fsp3) is 0.636. The number of rotatable bonds is 13. The van der Waals surface area contributed by atoms with Crippen LogP contribution in [0.15, 0.2) is 30.5 Å². The molecule has 0 radical (unpaired) electrons. The van der Waals surface area contributed by atoms with Gasteiger partial charge in [0.2, 0.25) is 5.91 Å². The summed E-state index contributed by atoms with van der Waals surface area (Å²) in [5.41, 5.74) is -1.77. The summed E-state index contributed by atoms with van der Waals surface area (Å²) in [5.74, 6) is -1.48. The molecule has 3 fully saturated rings. The fourth-order valence-electron chi connectivity index (χ4n) is 6.97. The average molecular weight is 680 g/mol. The Morgan fingerprint density at radius 1 is 1.02 bits per heavy atom. The number of halogens is 3. The van der Waals surface area contributed by atoms with Crippen molar-refractivity contribution >= 4 is 35.1 Å². The van der Waals surface area contributed by atoms with E-state index in [-0.39, 0.29) is 34.8 Å². The van der Waals surface area contributed by atoms with Crippen molar-refractivity contribution in [3.63, 3.8) is 0 Å². The normalized spacial score (nSPS) is 20.3. The number of likely N-dealkylation sites (tertiary alicyclic amines) is 2. The zero-order valence-corrected chi connectivity index (χ0v) is 27.9. The molecule has 0 atom stereocenters. The summed E-state index contributed by atoms with van der Waals surface area (Å²) in [6.07, 6.45) is 4.51. The molecule has 11 nitrogen and oxygen atoms in total. The highest BCUT2D eigenvalue weighted by atomic mass is 35.5. The zero-order valence-electron chi connectivity index (χ0n) is 27.1. The molecule has 3 aliphatic rings. The molecule has 1 aromatic heterocycles. The third kappa shape index (κ3) is 7.26. The van der Waals surface area contributed by atoms with Crippen LogP contribution >= 0.6 is 11.6 Å². The number of aliphatic carboxylic acids is 1. The Bertz CT molecular complexity index is 1450. The lowest BCUT2D eigenvalue weighted by Crippen LogP contribution is -2.57. The van der Waals surface area contributed by atoms with Gasteiger partial charge in [-0.25, -0.2) is 0 Å². The topological polar surface area (TPSA) is 126 Å². The van der Waals surface area contributed by atoms with Crippen molar-refractivity contribution in [1.82, 2.24) is 19.6 Å². The number of carbonyl (C=O) groups is 3. The highest BCUT2D eigenvalue weighted by Crippen LogP contribution is 2.48. The summed E-state index contributed by atoms with van der Waals surface area (Å²) < 4.78 is 38.3. The van der Waals surface area contributed by atoms with Crippen LogP contribution in [0.25, 0.3) is 0 Å². The van der Waals surface area contributed by atoms with Gasteiger partial charge in [0.05, 0.1) is 23.1 Å². The summed E-state index contributed by atoms with van der Waals surface area (Å²) in [6.45, 7) is 5.56. The van der Waals surface area contributed by atoms with Crippen molar-refractivity contribution in [3.05, 3.63) is 41.2 Å². The lowest BCUT2D eigenvalue weighted by molar-refractivity contribution is -0.158. The van der Waals surface area contributed by atoms with Crippen LogP contribution < -0.4 is 10.1 Å². The third-order valence-corrected chi connectivity index (χ3v) is 10.3. The van der Waals surface area contributed by atoms with Crippen molar-refractivity contribution in [3.8, 4) is 5.75 Å². The second kappa shape index (κ2) is 14.1. The summed E-state index contributed by atoms with van der Waals surface area (Å²) >= 11 is 6.02. The number of amides is 2. The number of aromatic nitrogens is 2. The molecule has 1 aromatic carbocycles. The molecule has 14 heteroatoms. The van der Waals surface area contributed by atoms with E-state index in [1.165, 1.54) is 18.2 Å². The molecule has 0 bridgehead atoms. The molecule has 47 heavy (non-hydrogen) atoms. The Kier molecular flexibility index (Phi) is 10.5. The summed E-state index contributed by atoms with van der Waals surface area (Å²) in [4.78, 5) is 44.1. The number of anilines is 1. The lowest BCUT2D eigenvalue weighted by Gasteiger charge is -2.46. The minimum absolute atomic E-state index is 0.0416. The first-order valence-electron chi connectivity index (χ1n) is 16.3. The number of hydrogen-bond donors (Lipinski definition) is 2. The number of carboxylic acid groups (broad SMARTS) is 1. The predicted molar refractivity (Wildman–Crippen MR) is 171 cm³/mol. The maximum atomic E-state index is 14.2. The van der Waals surface area contributed by atoms with Gasteiger partial charge in [-0.2, -0.15) is 13.9 Å². The first-order chi connectivity index (χ1) is 22.3. The Balaban J connectivity index is 1.32. The largest absolute Gasteiger partial charge is 0.481 e. The predicted octanol–water partition coefficient (Wildman–Crippen LogP) is 5.20. The number of ether oxygens (including phenoxy) is 2. The first-order valence-corrected chi connectivity index (χ1v) is 16.7. The maximum Gasteiger partial charge on any atom is 0.387 e. The van der Waals surface area contributed by atoms with Gasteiger partial charge in [0.1, 0.15) is 5.54 Å². The molecule has 258 valence electrons. The van der Waals surface area contributed by atoms with E-state index in [1.54, 1.807) is 15.8 Å². The van der Waals surface area contributed by atoms with Crippen molar-refractivity contribution in [2.24, 2.45) is 10.8 Å². The molecule has 2 amide bonds. The number of piperidine rings is 2. The summed E-state index contributed by atoms with van der Waals surface area (Å²) in [6, 6.07) is 5.98. The van der Waals surface area contributed by atoms with Gasteiger partial charge >= 0.3 is 12.6 Å². The quantitative estimate of drug-likeness (QED) is 0.296. The van der Waals surface area contributed by atoms with Gasteiger partial charge in [-0.05, 0) is 69.6 Å². The Morgan fingerprint density at radius 2 is 1.70 bits per heavy atom. The van der Waals surface area contributed by atoms with Crippen LogP contribution in [0.1, 0.15) is 70.9 Å². The average Bonchev–Trinajstić information content (AvgIpc) is 3.66. The van der Waals surface area contributed by atoms with Gasteiger partial charge in [-0.3, -0.25) is 19.1 Å². The van der Waals surface area contributed by atoms with E-state index in [1.807, 2.05) is 26.8 Å². The second-order valence-electron chi connectivity index (χ2n) is 13.4. The molecule has 0 unspecified atom stereocenters. The Labute approximate surface area is 278 Å². The van der Waals surface area contributed by atoms with Gasteiger partial charge in [0.15, 0.2) is 5.75 Å². The molecule has 0 spiro atoms. The van der Waals surface area contributed by atoms with Gasteiger partial charge in [0, 0.05) is 62.3 Å². The number of hydrogen-bond acceptors (Lipinski definition) is 7. The number of carbonyl (C=O) groups excluding carboxylic acids is 2. The van der Waals surface area contributed by atoms with E-state index < -0.39 is 34.9 Å². The van der Waals surface area contributed by atoms with E-state index in [9.17, 15) is 28.3 Å². The van der Waals surface area contributed by atoms with Gasteiger partial charge in [-0.1, -0.05) is 25.4 Å². The van der Waals surface area contributed by atoms with Crippen molar-refractivity contribution < 1.29 is 37.7 Å². The van der Waals surface area contributed by atoms with Crippen molar-refractivity contribution in [2.45, 2.75) is 77.4 Å². The van der Waals surface area contributed by atoms with Gasteiger partial charge in [-0.15, -0.1) is 0 Å². The number of benzene rings is 1. The zero-order chi connectivity index (χ0) is 34.0. The summed E-state index contributed by atoms with van der Waals surface area (Å²) in [5, 5.41) is 18.0. The van der Waals surface area contributed by atoms with E-state index in [4.69, 9.17) is 16.3 Å². The van der Waals surface area contributed by atoms with Crippen LogP contribution in [0.4, 0.5) is 14.5 Å². The molecule has 3 heterocycles. The maximum absolute atomic E-state index is 14.2. The highest BCUT2D eigenvalue weighted by Gasteiger charge is 2.54. The monoisotopic (exact) mass is 679 g/mol. The molecule has 1 aliphatic carbocycles. The van der Waals surface area contributed by atoms with E-state index in [0.717, 1.165) is 18.5 Å². The molecule has 1 saturated carbocycles. The van der Waals surface area contributed by atoms with E-state index in [0.29, 0.717) is 65.1 Å². The minimum atomic E-state index is -3.11. The summed E-state index contributed by atoms with van der Waals surface area (Å²) in [7, 11) is 0. The number of nitrogens with one attached hydrogen (secondary N) is 1. The molecule has 2 aliphatic heterocycles. The molecule has 2 aromatic rings. The van der Waals surface area contributed by atoms with Crippen LogP contribution in [0.5, 0.6) is 5.75 Å².